The van der Waals surface area contributed by atoms with Gasteiger partial charge in [0, 0.05) is 31.6 Å². The molecule has 3 heterocycles. The number of pyridine rings is 2. The Hall–Kier alpha value is -2.89. The van der Waals surface area contributed by atoms with E-state index in [0.717, 1.165) is 11.3 Å². The van der Waals surface area contributed by atoms with Gasteiger partial charge in [0.1, 0.15) is 11.2 Å². The van der Waals surface area contributed by atoms with E-state index in [0.29, 0.717) is 24.4 Å². The van der Waals surface area contributed by atoms with Crippen LogP contribution < -0.4 is 10.1 Å². The zero-order valence-electron chi connectivity index (χ0n) is 12.2. The van der Waals surface area contributed by atoms with E-state index in [1.165, 1.54) is 7.11 Å². The number of carbonyl (C=O) groups is 1. The summed E-state index contributed by atoms with van der Waals surface area (Å²) in [4.78, 5) is 20.6. The third-order valence-corrected chi connectivity index (χ3v) is 3.29. The third-order valence-electron chi connectivity index (χ3n) is 3.29. The number of amides is 1. The van der Waals surface area contributed by atoms with Crippen LogP contribution >= 0.6 is 0 Å². The molecule has 6 heteroatoms. The molecule has 6 nitrogen and oxygen atoms in total. The first-order chi connectivity index (χ1) is 10.8. The molecule has 3 rings (SSSR count). The molecule has 0 atom stereocenters. The van der Waals surface area contributed by atoms with Crippen molar-refractivity contribution in [1.82, 2.24) is 19.7 Å². The quantitative estimate of drug-likeness (QED) is 0.778. The molecule has 0 saturated heterocycles. The van der Waals surface area contributed by atoms with Crippen molar-refractivity contribution < 1.29 is 9.53 Å². The Balaban J connectivity index is 1.61. The highest BCUT2D eigenvalue weighted by Gasteiger charge is 2.12. The van der Waals surface area contributed by atoms with Gasteiger partial charge >= 0.3 is 0 Å². The third kappa shape index (κ3) is 2.90. The normalized spacial score (nSPS) is 10.6. The van der Waals surface area contributed by atoms with E-state index in [1.807, 2.05) is 35.0 Å². The molecule has 112 valence electrons. The van der Waals surface area contributed by atoms with Crippen molar-refractivity contribution in [3.8, 4) is 5.88 Å². The van der Waals surface area contributed by atoms with Crippen molar-refractivity contribution in [3.63, 3.8) is 0 Å². The highest BCUT2D eigenvalue weighted by atomic mass is 16.5. The number of rotatable bonds is 5. The molecule has 0 bridgehead atoms. The van der Waals surface area contributed by atoms with Crippen LogP contribution in [0.5, 0.6) is 5.88 Å². The number of ether oxygens (including phenoxy) is 1. The molecule has 22 heavy (non-hydrogen) atoms. The van der Waals surface area contributed by atoms with Gasteiger partial charge < -0.3 is 14.5 Å². The summed E-state index contributed by atoms with van der Waals surface area (Å²) in [6.07, 6.45) is 6.17. The van der Waals surface area contributed by atoms with Gasteiger partial charge in [-0.2, -0.15) is 0 Å². The van der Waals surface area contributed by atoms with E-state index in [9.17, 15) is 4.79 Å². The Morgan fingerprint density at radius 3 is 3.05 bits per heavy atom. The van der Waals surface area contributed by atoms with Crippen LogP contribution in [0, 0.1) is 0 Å². The first kappa shape index (κ1) is 14.1. The number of methoxy groups -OCH3 is 1. The summed E-state index contributed by atoms with van der Waals surface area (Å²) in [5, 5.41) is 2.86. The molecule has 1 N–H and O–H groups in total. The maximum atomic E-state index is 12.1. The van der Waals surface area contributed by atoms with Crippen molar-refractivity contribution in [2.45, 2.75) is 6.42 Å². The Labute approximate surface area is 127 Å². The van der Waals surface area contributed by atoms with Crippen molar-refractivity contribution in [3.05, 3.63) is 60.2 Å². The number of nitrogens with one attached hydrogen (secondary N) is 1. The molecule has 0 aliphatic rings. The summed E-state index contributed by atoms with van der Waals surface area (Å²) < 4.78 is 7.04. The Morgan fingerprint density at radius 1 is 1.32 bits per heavy atom. The highest BCUT2D eigenvalue weighted by molar-refractivity contribution is 5.96. The first-order valence-corrected chi connectivity index (χ1v) is 6.98. The van der Waals surface area contributed by atoms with Crippen molar-refractivity contribution in [2.75, 3.05) is 13.7 Å². The molecule has 1 amide bonds. The summed E-state index contributed by atoms with van der Waals surface area (Å²) in [5.74, 6) is 0.126. The molecule has 0 fully saturated rings. The van der Waals surface area contributed by atoms with E-state index in [-0.39, 0.29) is 5.91 Å². The summed E-state index contributed by atoms with van der Waals surface area (Å²) in [5.41, 5.74) is 2.27. The largest absolute Gasteiger partial charge is 0.480 e. The minimum atomic E-state index is -0.200. The fourth-order valence-corrected chi connectivity index (χ4v) is 2.23. The lowest BCUT2D eigenvalue weighted by molar-refractivity contribution is 0.0950. The van der Waals surface area contributed by atoms with Crippen molar-refractivity contribution in [1.29, 1.82) is 0 Å². The number of aromatic nitrogens is 3. The van der Waals surface area contributed by atoms with E-state index < -0.39 is 0 Å². The predicted molar refractivity (Wildman–Crippen MR) is 82.0 cm³/mol. The molecule has 0 saturated carbocycles. The molecule has 0 aromatic carbocycles. The van der Waals surface area contributed by atoms with Gasteiger partial charge in [0.25, 0.3) is 5.91 Å². The van der Waals surface area contributed by atoms with Gasteiger partial charge in [-0.25, -0.2) is 9.97 Å². The molecule has 0 aliphatic heterocycles. The fourth-order valence-electron chi connectivity index (χ4n) is 2.23. The predicted octanol–water partition coefficient (Wildman–Crippen LogP) is 1.71. The van der Waals surface area contributed by atoms with Crippen molar-refractivity contribution in [2.24, 2.45) is 0 Å². The average molecular weight is 296 g/mol. The van der Waals surface area contributed by atoms with E-state index in [2.05, 4.69) is 15.3 Å². The van der Waals surface area contributed by atoms with Crippen LogP contribution in [0.3, 0.4) is 0 Å². The molecule has 0 unspecified atom stereocenters. The molecule has 3 aromatic rings. The SMILES string of the molecule is COc1ncccc1C(=O)NCCc1cn2ccccc2n1. The topological polar surface area (TPSA) is 68.5 Å². The van der Waals surface area contributed by atoms with Crippen LogP contribution in [0.15, 0.2) is 48.9 Å². The van der Waals surface area contributed by atoms with E-state index in [4.69, 9.17) is 4.74 Å². The number of carbonyl (C=O) groups excluding carboxylic acids is 1. The molecule has 0 radical (unpaired) electrons. The van der Waals surface area contributed by atoms with Crippen LogP contribution in [-0.4, -0.2) is 33.9 Å². The lowest BCUT2D eigenvalue weighted by Gasteiger charge is -2.07. The lowest BCUT2D eigenvalue weighted by atomic mass is 10.2. The molecular formula is C16H16N4O2. The van der Waals surface area contributed by atoms with Gasteiger partial charge in [0.05, 0.1) is 12.8 Å². The number of nitrogens with zero attached hydrogens (tertiary/aromatic N) is 3. The molecule has 0 aliphatic carbocycles. The van der Waals surface area contributed by atoms with Crippen LogP contribution in [0.4, 0.5) is 0 Å². The van der Waals surface area contributed by atoms with Crippen LogP contribution in [0.2, 0.25) is 0 Å². The second kappa shape index (κ2) is 6.26. The summed E-state index contributed by atoms with van der Waals surface area (Å²) >= 11 is 0. The Morgan fingerprint density at radius 2 is 2.23 bits per heavy atom. The zero-order valence-corrected chi connectivity index (χ0v) is 12.2. The lowest BCUT2D eigenvalue weighted by Crippen LogP contribution is -2.26. The smallest absolute Gasteiger partial charge is 0.256 e. The minimum Gasteiger partial charge on any atom is -0.480 e. The Bertz CT molecular complexity index is 764. The van der Waals surface area contributed by atoms with Crippen LogP contribution in [0.1, 0.15) is 16.1 Å². The summed E-state index contributed by atoms with van der Waals surface area (Å²) in [6.45, 7) is 0.501. The highest BCUT2D eigenvalue weighted by Crippen LogP contribution is 2.13. The van der Waals surface area contributed by atoms with Crippen LogP contribution in [-0.2, 0) is 6.42 Å². The zero-order chi connectivity index (χ0) is 15.4. The number of hydrogen-bond acceptors (Lipinski definition) is 4. The van der Waals surface area contributed by atoms with E-state index >= 15 is 0 Å². The van der Waals surface area contributed by atoms with Gasteiger partial charge in [-0.1, -0.05) is 6.07 Å². The summed E-state index contributed by atoms with van der Waals surface area (Å²) in [7, 11) is 1.50. The maximum absolute atomic E-state index is 12.1. The second-order valence-electron chi connectivity index (χ2n) is 4.76. The molecule has 3 aromatic heterocycles. The number of imidazole rings is 1. The molecular weight excluding hydrogens is 280 g/mol. The molecule has 0 spiro atoms. The first-order valence-electron chi connectivity index (χ1n) is 6.98. The van der Waals surface area contributed by atoms with Crippen LogP contribution in [0.25, 0.3) is 5.65 Å². The monoisotopic (exact) mass is 296 g/mol. The van der Waals surface area contributed by atoms with Gasteiger partial charge in [-0.05, 0) is 24.3 Å². The van der Waals surface area contributed by atoms with Gasteiger partial charge in [-0.15, -0.1) is 0 Å². The number of hydrogen-bond donors (Lipinski definition) is 1. The average Bonchev–Trinajstić information content (AvgIpc) is 2.97. The number of fused-ring (bicyclic) bond motifs is 1. The Kier molecular flexibility index (Phi) is 4.00. The standard InChI is InChI=1S/C16H16N4O2/c1-22-16-13(5-4-8-18-16)15(21)17-9-7-12-11-20-10-3-2-6-14(20)19-12/h2-6,8,10-11H,7,9H2,1H3,(H,17,21). The van der Waals surface area contributed by atoms with Gasteiger partial charge in [-0.3, -0.25) is 4.79 Å². The second-order valence-corrected chi connectivity index (χ2v) is 4.76. The van der Waals surface area contributed by atoms with Gasteiger partial charge in [0.2, 0.25) is 5.88 Å². The van der Waals surface area contributed by atoms with E-state index in [1.54, 1.807) is 18.3 Å². The maximum Gasteiger partial charge on any atom is 0.256 e. The fraction of sp³-hybridized carbons (Fsp3) is 0.188. The van der Waals surface area contributed by atoms with Crippen molar-refractivity contribution >= 4 is 11.6 Å². The summed E-state index contributed by atoms with van der Waals surface area (Å²) in [6, 6.07) is 9.24. The van der Waals surface area contributed by atoms with Gasteiger partial charge in [0.15, 0.2) is 0 Å². The minimum absolute atomic E-state index is 0.200.